The van der Waals surface area contributed by atoms with E-state index >= 15 is 0 Å². The molecule has 0 radical (unpaired) electrons. The Bertz CT molecular complexity index is 789. The minimum absolute atomic E-state index is 0.170. The molecule has 0 aliphatic rings. The monoisotopic (exact) mass is 373 g/mol. The molecule has 0 spiro atoms. The lowest BCUT2D eigenvalue weighted by Crippen LogP contribution is -2.39. The maximum atomic E-state index is 13.8. The molecular weight excluding hydrogens is 362 g/mol. The summed E-state index contributed by atoms with van der Waals surface area (Å²) < 4.78 is 59.2. The fraction of sp³-hybridized carbons (Fsp3) is 0.133. The Morgan fingerprint density at radius 3 is 2.36 bits per heavy atom. The van der Waals surface area contributed by atoms with Gasteiger partial charge in [0.15, 0.2) is 22.5 Å². The number of hydrogen-bond acceptors (Lipinski definition) is 4. The lowest BCUT2D eigenvalue weighted by atomic mass is 10.1. The minimum atomic E-state index is -1.89. The molecule has 10 heteroatoms. The van der Waals surface area contributed by atoms with E-state index in [4.69, 9.17) is 12.2 Å². The first-order valence-corrected chi connectivity index (χ1v) is 7.15. The fourth-order valence-corrected chi connectivity index (χ4v) is 2.05. The third-order valence-electron chi connectivity index (χ3n) is 3.06. The number of nitrogens with zero attached hydrogens (tertiary/aromatic N) is 1. The molecule has 5 nitrogen and oxygen atoms in total. The van der Waals surface area contributed by atoms with E-state index in [0.29, 0.717) is 0 Å². The van der Waals surface area contributed by atoms with Crippen LogP contribution in [0.2, 0.25) is 0 Å². The molecule has 2 N–H and O–H groups in total. The van der Waals surface area contributed by atoms with Gasteiger partial charge in [0, 0.05) is 18.9 Å². The number of halogens is 4. The summed E-state index contributed by atoms with van der Waals surface area (Å²) in [5.41, 5.74) is -0.723. The summed E-state index contributed by atoms with van der Waals surface area (Å²) in [7, 11) is 0.831. The SMILES string of the molecule is COc1c(F)c(F)c(C(=O)NC(=S)NCc2cccnc2)c(F)c1F. The number of nitrogens with one attached hydrogen (secondary N) is 2. The van der Waals surface area contributed by atoms with Crippen LogP contribution in [0.15, 0.2) is 24.5 Å². The Hall–Kier alpha value is -2.75. The van der Waals surface area contributed by atoms with Gasteiger partial charge in [0.25, 0.3) is 5.91 Å². The van der Waals surface area contributed by atoms with Crippen molar-refractivity contribution in [2.24, 2.45) is 0 Å². The third-order valence-corrected chi connectivity index (χ3v) is 3.30. The van der Waals surface area contributed by atoms with E-state index in [2.05, 4.69) is 15.0 Å². The van der Waals surface area contributed by atoms with Gasteiger partial charge in [-0.2, -0.15) is 8.78 Å². The molecule has 0 fully saturated rings. The number of thiocarbonyl (C=S) groups is 1. The van der Waals surface area contributed by atoms with Gasteiger partial charge in [-0.1, -0.05) is 6.07 Å². The molecule has 1 aromatic carbocycles. The highest BCUT2D eigenvalue weighted by molar-refractivity contribution is 7.80. The standard InChI is InChI=1S/C15H11F4N3O2S/c1-24-13-11(18)9(16)8(10(17)12(13)19)14(23)22-15(25)21-6-7-3-2-4-20-5-7/h2-5H,6H2,1H3,(H2,21,22,23,25). The number of hydrogen-bond donors (Lipinski definition) is 2. The van der Waals surface area contributed by atoms with Crippen LogP contribution in [0, 0.1) is 23.3 Å². The molecule has 0 aliphatic carbocycles. The average Bonchev–Trinajstić information content (AvgIpc) is 2.60. The Morgan fingerprint density at radius 2 is 1.84 bits per heavy atom. The fourth-order valence-electron chi connectivity index (χ4n) is 1.88. The summed E-state index contributed by atoms with van der Waals surface area (Å²) in [6, 6.07) is 3.39. The van der Waals surface area contributed by atoms with E-state index < -0.39 is 40.5 Å². The maximum absolute atomic E-state index is 13.8. The van der Waals surface area contributed by atoms with E-state index in [0.717, 1.165) is 12.7 Å². The number of rotatable bonds is 4. The van der Waals surface area contributed by atoms with Crippen LogP contribution < -0.4 is 15.4 Å². The van der Waals surface area contributed by atoms with Crippen molar-refractivity contribution in [1.82, 2.24) is 15.6 Å². The maximum Gasteiger partial charge on any atom is 0.263 e. The molecule has 1 amide bonds. The highest BCUT2D eigenvalue weighted by atomic mass is 32.1. The van der Waals surface area contributed by atoms with Crippen molar-refractivity contribution in [3.05, 3.63) is 58.9 Å². The van der Waals surface area contributed by atoms with E-state index in [-0.39, 0.29) is 11.7 Å². The Kier molecular flexibility index (Phi) is 5.86. The Labute approximate surface area is 145 Å². The number of aromatic nitrogens is 1. The Balaban J connectivity index is 2.14. The molecule has 0 unspecified atom stereocenters. The van der Waals surface area contributed by atoms with Crippen molar-refractivity contribution in [3.8, 4) is 5.75 Å². The molecule has 0 bridgehead atoms. The number of amides is 1. The first kappa shape index (κ1) is 18.6. The topological polar surface area (TPSA) is 63.2 Å². The highest BCUT2D eigenvalue weighted by Gasteiger charge is 2.30. The second kappa shape index (κ2) is 7.88. The van der Waals surface area contributed by atoms with E-state index in [9.17, 15) is 22.4 Å². The molecular formula is C15H11F4N3O2S. The summed E-state index contributed by atoms with van der Waals surface area (Å²) in [5.74, 6) is -10.1. The number of methoxy groups -OCH3 is 1. The van der Waals surface area contributed by atoms with Crippen LogP contribution >= 0.6 is 12.2 Å². The van der Waals surface area contributed by atoms with Crippen molar-refractivity contribution in [1.29, 1.82) is 0 Å². The zero-order valence-corrected chi connectivity index (χ0v) is 13.5. The predicted molar refractivity (Wildman–Crippen MR) is 84.0 cm³/mol. The van der Waals surface area contributed by atoms with Crippen LogP contribution in [-0.2, 0) is 6.54 Å². The molecule has 0 saturated heterocycles. The summed E-state index contributed by atoms with van der Waals surface area (Å²) in [4.78, 5) is 15.8. The van der Waals surface area contributed by atoms with Gasteiger partial charge in [-0.15, -0.1) is 0 Å². The summed E-state index contributed by atoms with van der Waals surface area (Å²) in [6.45, 7) is 0.170. The third kappa shape index (κ3) is 4.02. The van der Waals surface area contributed by atoms with Gasteiger partial charge in [-0.3, -0.25) is 15.1 Å². The number of ether oxygens (including phenoxy) is 1. The van der Waals surface area contributed by atoms with Gasteiger partial charge in [0.1, 0.15) is 5.56 Å². The van der Waals surface area contributed by atoms with Gasteiger partial charge in [-0.25, -0.2) is 8.78 Å². The smallest absolute Gasteiger partial charge is 0.263 e. The molecule has 0 aliphatic heterocycles. The van der Waals surface area contributed by atoms with Crippen molar-refractivity contribution in [2.45, 2.75) is 6.54 Å². The highest BCUT2D eigenvalue weighted by Crippen LogP contribution is 2.29. The van der Waals surface area contributed by atoms with Crippen LogP contribution in [0.5, 0.6) is 5.75 Å². The lowest BCUT2D eigenvalue weighted by Gasteiger charge is -2.12. The second-order valence-corrected chi connectivity index (χ2v) is 5.07. The number of benzene rings is 1. The van der Waals surface area contributed by atoms with Gasteiger partial charge in [0.2, 0.25) is 11.6 Å². The van der Waals surface area contributed by atoms with Gasteiger partial charge in [0.05, 0.1) is 7.11 Å². The normalized spacial score (nSPS) is 10.3. The number of carbonyl (C=O) groups excluding carboxylic acids is 1. The zero-order valence-electron chi connectivity index (χ0n) is 12.7. The van der Waals surface area contributed by atoms with Crippen LogP contribution in [0.4, 0.5) is 17.6 Å². The summed E-state index contributed by atoms with van der Waals surface area (Å²) in [5, 5.41) is 4.25. The van der Waals surface area contributed by atoms with Crippen molar-refractivity contribution in [2.75, 3.05) is 7.11 Å². The van der Waals surface area contributed by atoms with Gasteiger partial charge < -0.3 is 10.1 Å². The second-order valence-electron chi connectivity index (χ2n) is 4.66. The number of pyridine rings is 1. The lowest BCUT2D eigenvalue weighted by molar-refractivity contribution is 0.0965. The number of carbonyl (C=O) groups is 1. The largest absolute Gasteiger partial charge is 0.491 e. The van der Waals surface area contributed by atoms with Crippen LogP contribution in [0.25, 0.3) is 0 Å². The average molecular weight is 373 g/mol. The molecule has 0 saturated carbocycles. The summed E-state index contributed by atoms with van der Waals surface area (Å²) >= 11 is 4.81. The molecule has 132 valence electrons. The van der Waals surface area contributed by atoms with Crippen LogP contribution in [0.3, 0.4) is 0 Å². The molecule has 2 aromatic rings. The quantitative estimate of drug-likeness (QED) is 0.490. The zero-order chi connectivity index (χ0) is 18.6. The first-order chi connectivity index (χ1) is 11.9. The Morgan fingerprint density at radius 1 is 1.20 bits per heavy atom. The predicted octanol–water partition coefficient (Wildman–Crippen LogP) is 2.45. The van der Waals surface area contributed by atoms with Crippen LogP contribution in [0.1, 0.15) is 15.9 Å². The van der Waals surface area contributed by atoms with Gasteiger partial charge >= 0.3 is 0 Å². The van der Waals surface area contributed by atoms with E-state index in [1.807, 2.05) is 5.32 Å². The summed E-state index contributed by atoms with van der Waals surface area (Å²) in [6.07, 6.45) is 3.09. The molecule has 25 heavy (non-hydrogen) atoms. The van der Waals surface area contributed by atoms with Gasteiger partial charge in [-0.05, 0) is 23.8 Å². The minimum Gasteiger partial charge on any atom is -0.491 e. The first-order valence-electron chi connectivity index (χ1n) is 6.74. The van der Waals surface area contributed by atoms with Crippen molar-refractivity contribution in [3.63, 3.8) is 0 Å². The molecule has 0 atom stereocenters. The van der Waals surface area contributed by atoms with E-state index in [1.54, 1.807) is 18.3 Å². The van der Waals surface area contributed by atoms with Crippen LogP contribution in [-0.4, -0.2) is 23.1 Å². The molecule has 1 heterocycles. The van der Waals surface area contributed by atoms with E-state index in [1.165, 1.54) is 6.20 Å². The molecule has 1 aromatic heterocycles. The molecule has 2 rings (SSSR count). The van der Waals surface area contributed by atoms with Crippen molar-refractivity contribution < 1.29 is 27.1 Å². The van der Waals surface area contributed by atoms with Crippen molar-refractivity contribution >= 4 is 23.2 Å².